The highest BCUT2D eigenvalue weighted by Gasteiger charge is 2.08. The van der Waals surface area contributed by atoms with Crippen LogP contribution in [-0.2, 0) is 0 Å². The number of hydrogen-bond acceptors (Lipinski definition) is 3. The number of rotatable bonds is 4. The molecule has 0 bridgehead atoms. The highest BCUT2D eigenvalue weighted by Crippen LogP contribution is 2.27. The number of thiocarbonyl (C=S) groups is 1. The first kappa shape index (κ1) is 16.6. The molecule has 3 aromatic rings. The fourth-order valence-electron chi connectivity index (χ4n) is 2.44. The summed E-state index contributed by atoms with van der Waals surface area (Å²) in [6.45, 7) is 0. The summed E-state index contributed by atoms with van der Waals surface area (Å²) in [4.78, 5) is 10.4. The zero-order valence-corrected chi connectivity index (χ0v) is 14.0. The van der Waals surface area contributed by atoms with Crippen molar-refractivity contribution in [1.29, 1.82) is 0 Å². The second kappa shape index (κ2) is 7.55. The molecule has 25 heavy (non-hydrogen) atoms. The Morgan fingerprint density at radius 2 is 1.60 bits per heavy atom. The molecule has 0 heterocycles. The maximum Gasteiger partial charge on any atom is 0.271 e. The molecule has 3 aromatic carbocycles. The summed E-state index contributed by atoms with van der Waals surface area (Å²) in [5.74, 6) is 0. The van der Waals surface area contributed by atoms with Crippen molar-refractivity contribution >= 4 is 34.4 Å². The van der Waals surface area contributed by atoms with E-state index in [1.807, 2.05) is 54.6 Å². The van der Waals surface area contributed by atoms with Gasteiger partial charge in [-0.05, 0) is 29.9 Å². The van der Waals surface area contributed by atoms with Gasteiger partial charge in [0.25, 0.3) is 5.69 Å². The predicted octanol–water partition coefficient (Wildman–Crippen LogP) is 5.07. The molecular formula is C19H15N3O2S. The number of hydrogen-bond donors (Lipinski definition) is 2. The summed E-state index contributed by atoms with van der Waals surface area (Å²) in [5.41, 5.74) is 3.52. The predicted molar refractivity (Wildman–Crippen MR) is 105 cm³/mol. The summed E-state index contributed by atoms with van der Waals surface area (Å²) >= 11 is 5.34. The van der Waals surface area contributed by atoms with Crippen molar-refractivity contribution in [2.45, 2.75) is 0 Å². The SMILES string of the molecule is O=[N+]([O-])c1cccc(NC(=S)Nc2ccccc2-c2ccccc2)c1. The molecule has 3 rings (SSSR count). The van der Waals surface area contributed by atoms with Crippen LogP contribution >= 0.6 is 12.2 Å². The summed E-state index contributed by atoms with van der Waals surface area (Å²) in [6.07, 6.45) is 0. The molecule has 0 spiro atoms. The molecule has 0 radical (unpaired) electrons. The van der Waals surface area contributed by atoms with Gasteiger partial charge in [0.1, 0.15) is 0 Å². The molecule has 0 aliphatic heterocycles. The minimum absolute atomic E-state index is 0.0116. The van der Waals surface area contributed by atoms with Crippen LogP contribution in [0.25, 0.3) is 11.1 Å². The van der Waals surface area contributed by atoms with Gasteiger partial charge in [0, 0.05) is 29.1 Å². The first-order chi connectivity index (χ1) is 12.1. The van der Waals surface area contributed by atoms with Gasteiger partial charge in [0.05, 0.1) is 4.92 Å². The highest BCUT2D eigenvalue weighted by atomic mass is 32.1. The number of para-hydroxylation sites is 1. The van der Waals surface area contributed by atoms with Gasteiger partial charge in [0.15, 0.2) is 5.11 Å². The summed E-state index contributed by atoms with van der Waals surface area (Å²) in [6, 6.07) is 24.0. The van der Waals surface area contributed by atoms with Crippen molar-refractivity contribution in [2.24, 2.45) is 0 Å². The standard InChI is InChI=1S/C19H15N3O2S/c23-22(24)16-10-6-9-15(13-16)20-19(25)21-18-12-5-4-11-17(18)14-7-2-1-3-8-14/h1-13H,(H2,20,21,25). The minimum Gasteiger partial charge on any atom is -0.332 e. The van der Waals surface area contributed by atoms with Crippen molar-refractivity contribution in [1.82, 2.24) is 0 Å². The van der Waals surface area contributed by atoms with Crippen molar-refractivity contribution in [3.05, 3.63) is 89.0 Å². The quantitative estimate of drug-likeness (QED) is 0.391. The molecular weight excluding hydrogens is 334 g/mol. The van der Waals surface area contributed by atoms with Gasteiger partial charge < -0.3 is 10.6 Å². The molecule has 5 nitrogen and oxygen atoms in total. The summed E-state index contributed by atoms with van der Waals surface area (Å²) in [7, 11) is 0. The number of nitrogens with zero attached hydrogens (tertiary/aromatic N) is 1. The van der Waals surface area contributed by atoms with Crippen LogP contribution in [0, 0.1) is 10.1 Å². The van der Waals surface area contributed by atoms with Crippen LogP contribution in [0.3, 0.4) is 0 Å². The molecule has 124 valence electrons. The van der Waals surface area contributed by atoms with E-state index in [9.17, 15) is 10.1 Å². The Labute approximate surface area is 150 Å². The van der Waals surface area contributed by atoms with Gasteiger partial charge >= 0.3 is 0 Å². The van der Waals surface area contributed by atoms with Crippen LogP contribution < -0.4 is 10.6 Å². The van der Waals surface area contributed by atoms with Crippen LogP contribution in [0.2, 0.25) is 0 Å². The Balaban J connectivity index is 1.78. The lowest BCUT2D eigenvalue weighted by Crippen LogP contribution is -2.19. The highest BCUT2D eigenvalue weighted by molar-refractivity contribution is 7.80. The average Bonchev–Trinajstić information content (AvgIpc) is 2.63. The number of non-ortho nitro benzene ring substituents is 1. The Morgan fingerprint density at radius 1 is 0.880 bits per heavy atom. The minimum atomic E-state index is -0.438. The van der Waals surface area contributed by atoms with E-state index in [4.69, 9.17) is 12.2 Å². The van der Waals surface area contributed by atoms with Gasteiger partial charge in [-0.1, -0.05) is 54.6 Å². The molecule has 6 heteroatoms. The van der Waals surface area contributed by atoms with Crippen LogP contribution in [0.15, 0.2) is 78.9 Å². The third kappa shape index (κ3) is 4.19. The van der Waals surface area contributed by atoms with Crippen molar-refractivity contribution < 1.29 is 4.92 Å². The first-order valence-corrected chi connectivity index (χ1v) is 8.01. The zero-order chi connectivity index (χ0) is 17.6. The van der Waals surface area contributed by atoms with E-state index >= 15 is 0 Å². The Kier molecular flexibility index (Phi) is 5.01. The largest absolute Gasteiger partial charge is 0.332 e. The van der Waals surface area contributed by atoms with E-state index in [0.717, 1.165) is 16.8 Å². The lowest BCUT2D eigenvalue weighted by atomic mass is 10.0. The average molecular weight is 349 g/mol. The van der Waals surface area contributed by atoms with E-state index in [0.29, 0.717) is 10.8 Å². The van der Waals surface area contributed by atoms with Crippen LogP contribution in [0.1, 0.15) is 0 Å². The van der Waals surface area contributed by atoms with E-state index in [-0.39, 0.29) is 5.69 Å². The molecule has 0 unspecified atom stereocenters. The maximum atomic E-state index is 10.9. The van der Waals surface area contributed by atoms with Crippen molar-refractivity contribution in [3.63, 3.8) is 0 Å². The van der Waals surface area contributed by atoms with Crippen molar-refractivity contribution in [3.8, 4) is 11.1 Å². The fourth-order valence-corrected chi connectivity index (χ4v) is 2.67. The molecule has 0 saturated carbocycles. The number of nitro groups is 1. The molecule has 0 fully saturated rings. The third-order valence-corrected chi connectivity index (χ3v) is 3.78. The normalized spacial score (nSPS) is 10.1. The topological polar surface area (TPSA) is 67.2 Å². The molecule has 0 aliphatic rings. The number of nitro benzene ring substituents is 1. The Morgan fingerprint density at radius 3 is 2.36 bits per heavy atom. The van der Waals surface area contributed by atoms with Crippen LogP contribution in [0.4, 0.5) is 17.1 Å². The number of benzene rings is 3. The molecule has 0 aliphatic carbocycles. The number of nitrogens with one attached hydrogen (secondary N) is 2. The third-order valence-electron chi connectivity index (χ3n) is 3.57. The van der Waals surface area contributed by atoms with E-state index < -0.39 is 4.92 Å². The Hall–Kier alpha value is -3.25. The zero-order valence-electron chi connectivity index (χ0n) is 13.2. The van der Waals surface area contributed by atoms with E-state index in [1.54, 1.807) is 12.1 Å². The molecule has 2 N–H and O–H groups in total. The molecule has 0 aromatic heterocycles. The fraction of sp³-hybridized carbons (Fsp3) is 0. The molecule has 0 amide bonds. The summed E-state index contributed by atoms with van der Waals surface area (Å²) in [5, 5.41) is 17.4. The van der Waals surface area contributed by atoms with Crippen LogP contribution in [-0.4, -0.2) is 10.0 Å². The van der Waals surface area contributed by atoms with E-state index in [1.165, 1.54) is 12.1 Å². The lowest BCUT2D eigenvalue weighted by molar-refractivity contribution is -0.384. The maximum absolute atomic E-state index is 10.9. The van der Waals surface area contributed by atoms with Gasteiger partial charge in [-0.3, -0.25) is 10.1 Å². The van der Waals surface area contributed by atoms with Gasteiger partial charge in [0.2, 0.25) is 0 Å². The summed E-state index contributed by atoms with van der Waals surface area (Å²) < 4.78 is 0. The van der Waals surface area contributed by atoms with Crippen LogP contribution in [0.5, 0.6) is 0 Å². The monoisotopic (exact) mass is 349 g/mol. The smallest absolute Gasteiger partial charge is 0.271 e. The number of anilines is 2. The molecule has 0 atom stereocenters. The Bertz CT molecular complexity index is 913. The van der Waals surface area contributed by atoms with Gasteiger partial charge in [-0.25, -0.2) is 0 Å². The van der Waals surface area contributed by atoms with E-state index in [2.05, 4.69) is 10.6 Å². The molecule has 0 saturated heterocycles. The second-order valence-electron chi connectivity index (χ2n) is 5.30. The van der Waals surface area contributed by atoms with Crippen molar-refractivity contribution in [2.75, 3.05) is 10.6 Å². The lowest BCUT2D eigenvalue weighted by Gasteiger charge is -2.14. The second-order valence-corrected chi connectivity index (χ2v) is 5.71. The first-order valence-electron chi connectivity index (χ1n) is 7.60. The van der Waals surface area contributed by atoms with Gasteiger partial charge in [-0.2, -0.15) is 0 Å². The van der Waals surface area contributed by atoms with Gasteiger partial charge in [-0.15, -0.1) is 0 Å².